The Hall–Kier alpha value is -1.74. The molecule has 0 aliphatic carbocycles. The summed E-state index contributed by atoms with van der Waals surface area (Å²) >= 11 is 0. The van der Waals surface area contributed by atoms with Crippen molar-refractivity contribution in [2.45, 2.75) is 0 Å². The van der Waals surface area contributed by atoms with E-state index in [9.17, 15) is 8.78 Å². The van der Waals surface area contributed by atoms with Crippen LogP contribution in [-0.4, -0.2) is 8.80 Å². The molecule has 1 heterocycles. The standard InChI is InChI=1S/C14H9F2Si/c15-11-7-12(16)9-13(8-11)17-6-5-10-3-1-2-4-14(10)17/h1-9H. The summed E-state index contributed by atoms with van der Waals surface area (Å²) in [6.45, 7) is 0. The van der Waals surface area contributed by atoms with Gasteiger partial charge in [0, 0.05) is 6.07 Å². The van der Waals surface area contributed by atoms with Crippen molar-refractivity contribution < 1.29 is 8.78 Å². The van der Waals surface area contributed by atoms with E-state index in [1.54, 1.807) is 0 Å². The summed E-state index contributed by atoms with van der Waals surface area (Å²) in [4.78, 5) is 0. The third-order valence-corrected chi connectivity index (χ3v) is 5.30. The van der Waals surface area contributed by atoms with E-state index >= 15 is 0 Å². The number of benzene rings is 2. The highest BCUT2D eigenvalue weighted by Gasteiger charge is 2.21. The molecule has 83 valence electrons. The van der Waals surface area contributed by atoms with Gasteiger partial charge >= 0.3 is 0 Å². The second kappa shape index (κ2) is 3.93. The fraction of sp³-hybridized carbons (Fsp3) is 0. The maximum Gasteiger partial charge on any atom is 0.148 e. The predicted molar refractivity (Wildman–Crippen MR) is 66.9 cm³/mol. The molecule has 0 atom stereocenters. The Morgan fingerprint density at radius 3 is 2.35 bits per heavy atom. The molecule has 2 aromatic rings. The third-order valence-electron chi connectivity index (χ3n) is 2.85. The Balaban J connectivity index is 2.10. The number of fused-ring (bicyclic) bond motifs is 1. The van der Waals surface area contributed by atoms with Crippen molar-refractivity contribution in [3.05, 3.63) is 65.4 Å². The molecule has 0 bridgehead atoms. The summed E-state index contributed by atoms with van der Waals surface area (Å²) < 4.78 is 26.4. The molecule has 0 spiro atoms. The summed E-state index contributed by atoms with van der Waals surface area (Å²) in [6, 6.07) is 11.8. The number of hydrogen-bond acceptors (Lipinski definition) is 0. The van der Waals surface area contributed by atoms with Crippen LogP contribution in [-0.2, 0) is 0 Å². The molecule has 0 amide bonds. The first-order chi connectivity index (χ1) is 8.24. The SMILES string of the molecule is Fc1cc(F)cc([Si]2C=Cc3ccccc32)c1. The van der Waals surface area contributed by atoms with E-state index in [1.807, 2.05) is 30.3 Å². The fourth-order valence-electron chi connectivity index (χ4n) is 2.11. The average Bonchev–Trinajstić information content (AvgIpc) is 2.71. The van der Waals surface area contributed by atoms with Gasteiger partial charge in [-0.05, 0) is 28.1 Å². The smallest absolute Gasteiger partial charge is 0.148 e. The van der Waals surface area contributed by atoms with Crippen molar-refractivity contribution in [1.82, 2.24) is 0 Å². The molecule has 0 aromatic heterocycles. The van der Waals surface area contributed by atoms with Crippen LogP contribution >= 0.6 is 0 Å². The molecule has 17 heavy (non-hydrogen) atoms. The molecule has 0 N–H and O–H groups in total. The van der Waals surface area contributed by atoms with Gasteiger partial charge in [-0.1, -0.05) is 36.0 Å². The summed E-state index contributed by atoms with van der Waals surface area (Å²) in [5.41, 5.74) is 3.23. The van der Waals surface area contributed by atoms with Crippen molar-refractivity contribution >= 4 is 25.2 Å². The monoisotopic (exact) mass is 243 g/mol. The van der Waals surface area contributed by atoms with Gasteiger partial charge in [0.2, 0.25) is 0 Å². The molecule has 1 aliphatic heterocycles. The van der Waals surface area contributed by atoms with Crippen molar-refractivity contribution in [2.75, 3.05) is 0 Å². The zero-order valence-electron chi connectivity index (χ0n) is 8.95. The van der Waals surface area contributed by atoms with Crippen LogP contribution in [0.15, 0.2) is 48.2 Å². The topological polar surface area (TPSA) is 0 Å². The minimum atomic E-state index is -1.15. The summed E-state index contributed by atoms with van der Waals surface area (Å²) in [5, 5.41) is 1.95. The van der Waals surface area contributed by atoms with Gasteiger partial charge in [0.25, 0.3) is 0 Å². The molecule has 3 heteroatoms. The average molecular weight is 243 g/mol. The molecule has 1 radical (unpaired) electrons. The van der Waals surface area contributed by atoms with Crippen molar-refractivity contribution in [3.63, 3.8) is 0 Å². The quantitative estimate of drug-likeness (QED) is 0.673. The van der Waals surface area contributed by atoms with E-state index in [1.165, 1.54) is 17.3 Å². The number of hydrogen-bond donors (Lipinski definition) is 0. The largest absolute Gasteiger partial charge is 0.207 e. The van der Waals surface area contributed by atoms with E-state index < -0.39 is 20.4 Å². The van der Waals surface area contributed by atoms with Crippen LogP contribution in [0.1, 0.15) is 5.56 Å². The highest BCUT2D eigenvalue weighted by Crippen LogP contribution is 2.11. The number of rotatable bonds is 1. The summed E-state index contributed by atoms with van der Waals surface area (Å²) in [5.74, 6) is -1.01. The Kier molecular flexibility index (Phi) is 2.41. The second-order valence-electron chi connectivity index (χ2n) is 3.99. The molecule has 3 rings (SSSR count). The van der Waals surface area contributed by atoms with Crippen LogP contribution in [0.5, 0.6) is 0 Å². The van der Waals surface area contributed by atoms with E-state index in [2.05, 4.69) is 5.70 Å². The van der Waals surface area contributed by atoms with Crippen molar-refractivity contribution in [2.24, 2.45) is 0 Å². The van der Waals surface area contributed by atoms with Crippen LogP contribution < -0.4 is 10.4 Å². The van der Waals surface area contributed by atoms with Crippen LogP contribution in [0.3, 0.4) is 0 Å². The van der Waals surface area contributed by atoms with Gasteiger partial charge in [-0.25, -0.2) is 8.78 Å². The van der Waals surface area contributed by atoms with Crippen molar-refractivity contribution in [1.29, 1.82) is 0 Å². The Morgan fingerprint density at radius 2 is 1.59 bits per heavy atom. The van der Waals surface area contributed by atoms with Gasteiger partial charge < -0.3 is 0 Å². The zero-order chi connectivity index (χ0) is 11.8. The first kappa shape index (κ1) is 10.4. The van der Waals surface area contributed by atoms with Crippen molar-refractivity contribution in [3.8, 4) is 0 Å². The van der Waals surface area contributed by atoms with Gasteiger partial charge in [0.1, 0.15) is 20.4 Å². The van der Waals surface area contributed by atoms with Gasteiger partial charge in [0.15, 0.2) is 0 Å². The first-order valence-corrected chi connectivity index (χ1v) is 6.93. The lowest BCUT2D eigenvalue weighted by Gasteiger charge is -2.09. The molecular weight excluding hydrogens is 234 g/mol. The van der Waals surface area contributed by atoms with Gasteiger partial charge in [-0.15, -0.1) is 0 Å². The van der Waals surface area contributed by atoms with Crippen LogP contribution in [0.2, 0.25) is 0 Å². The highest BCUT2D eigenvalue weighted by atomic mass is 28.3. The third kappa shape index (κ3) is 1.83. The Bertz CT molecular complexity index is 585. The number of halogens is 2. The first-order valence-electron chi connectivity index (χ1n) is 5.35. The second-order valence-corrected chi connectivity index (χ2v) is 6.27. The Morgan fingerprint density at radius 1 is 0.882 bits per heavy atom. The van der Waals surface area contributed by atoms with Crippen LogP contribution in [0, 0.1) is 11.6 Å². The van der Waals surface area contributed by atoms with Crippen LogP contribution in [0.25, 0.3) is 6.08 Å². The molecular formula is C14H9F2Si. The fourth-order valence-corrected chi connectivity index (χ4v) is 4.48. The summed E-state index contributed by atoms with van der Waals surface area (Å²) in [6.07, 6.45) is 2.03. The Labute approximate surface area is 99.8 Å². The van der Waals surface area contributed by atoms with E-state index in [-0.39, 0.29) is 0 Å². The lowest BCUT2D eigenvalue weighted by atomic mass is 10.2. The molecule has 0 saturated carbocycles. The maximum absolute atomic E-state index is 13.2. The summed E-state index contributed by atoms with van der Waals surface area (Å²) in [7, 11) is -1.15. The molecule has 0 fully saturated rings. The van der Waals surface area contributed by atoms with Crippen LogP contribution in [0.4, 0.5) is 8.78 Å². The van der Waals surface area contributed by atoms with E-state index in [0.717, 1.165) is 16.8 Å². The van der Waals surface area contributed by atoms with Gasteiger partial charge in [-0.2, -0.15) is 0 Å². The molecule has 0 unspecified atom stereocenters. The lowest BCUT2D eigenvalue weighted by Crippen LogP contribution is -2.39. The molecule has 0 saturated heterocycles. The lowest BCUT2D eigenvalue weighted by molar-refractivity contribution is 0.585. The molecule has 2 aromatic carbocycles. The van der Waals surface area contributed by atoms with E-state index in [0.29, 0.717) is 0 Å². The normalized spacial score (nSPS) is 14.0. The van der Waals surface area contributed by atoms with Gasteiger partial charge in [-0.3, -0.25) is 0 Å². The molecule has 0 nitrogen and oxygen atoms in total. The minimum absolute atomic E-state index is 0.504. The zero-order valence-corrected chi connectivity index (χ0v) is 9.95. The maximum atomic E-state index is 13.2. The predicted octanol–water partition coefficient (Wildman–Crippen LogP) is 2.14. The molecule has 1 aliphatic rings. The van der Waals surface area contributed by atoms with Gasteiger partial charge in [0.05, 0.1) is 0 Å². The highest BCUT2D eigenvalue weighted by molar-refractivity contribution is 6.91. The minimum Gasteiger partial charge on any atom is -0.207 e. The van der Waals surface area contributed by atoms with E-state index in [4.69, 9.17) is 0 Å².